The Labute approximate surface area is 689 Å². The monoisotopic (exact) mass is 1520 g/mol. The van der Waals surface area contributed by atoms with Crippen LogP contribution in [0.2, 0.25) is 0 Å². The lowest BCUT2D eigenvalue weighted by atomic mass is 9.92. The van der Waals surface area contributed by atoms with Crippen LogP contribution in [0.15, 0.2) is 413 Å². The van der Waals surface area contributed by atoms with Crippen molar-refractivity contribution in [2.45, 2.75) is 0 Å². The van der Waals surface area contributed by atoms with Gasteiger partial charge in [-0.05, 0) is 199 Å². The van der Waals surface area contributed by atoms with Crippen molar-refractivity contribution in [1.29, 1.82) is 0 Å². The van der Waals surface area contributed by atoms with Gasteiger partial charge in [0.1, 0.15) is 0 Å². The molecule has 26 aromatic rings. The van der Waals surface area contributed by atoms with Gasteiger partial charge < -0.3 is 18.3 Å². The van der Waals surface area contributed by atoms with Gasteiger partial charge in [0, 0.05) is 99.2 Å². The van der Waals surface area contributed by atoms with Gasteiger partial charge in [-0.25, -0.2) is 19.9 Å². The Hall–Kier alpha value is -16.2. The van der Waals surface area contributed by atoms with E-state index in [4.69, 9.17) is 19.9 Å². The molecule has 0 fully saturated rings. The SMILES string of the molecule is c1ccc(-c2cc(-c3ccc(-n4c5cccc6ccc7c(-c8cc9ccc%10cccc%11c%10c9c(c8)n%11-c8ccccc8)ccc4c7c65)cc3)nc(-c3ccccc3)n2)cc1.c1ccc(-c2cc(-c3ccccc3)nc(-c3ccc(-n4c5cccc6ccc7c(-c8cc9ccc%10cccc%11c%10c9c(c8)n%11-c8ccccc8)ccc4c7c65)cc3)n2)cc1. The van der Waals surface area contributed by atoms with Crippen LogP contribution in [0.4, 0.5) is 0 Å². The van der Waals surface area contributed by atoms with Crippen LogP contribution in [0, 0.1) is 0 Å². The lowest BCUT2D eigenvalue weighted by molar-refractivity contribution is 1.16. The topological polar surface area (TPSA) is 71.3 Å². The Balaban J connectivity index is 0.000000133. The average molecular weight is 1530 g/mol. The minimum atomic E-state index is 0.702. The summed E-state index contributed by atoms with van der Waals surface area (Å²) in [6.45, 7) is 0. The third-order valence-electron chi connectivity index (χ3n) is 24.9. The fourth-order valence-electron chi connectivity index (χ4n) is 19.5. The molecule has 0 unspecified atom stereocenters. The summed E-state index contributed by atoms with van der Waals surface area (Å²) in [7, 11) is 0. The molecule has 26 rings (SSSR count). The normalized spacial score (nSPS) is 12.0. The van der Waals surface area contributed by atoms with Crippen LogP contribution in [0.1, 0.15) is 0 Å². The van der Waals surface area contributed by atoms with E-state index < -0.39 is 0 Å². The zero-order valence-corrected chi connectivity index (χ0v) is 64.8. The van der Waals surface area contributed by atoms with Gasteiger partial charge in [0.15, 0.2) is 11.6 Å². The Morgan fingerprint density at radius 2 is 0.417 bits per heavy atom. The van der Waals surface area contributed by atoms with Crippen LogP contribution in [0.25, 0.3) is 243 Å². The molecule has 6 heterocycles. The maximum absolute atomic E-state index is 5.10. The second-order valence-corrected chi connectivity index (χ2v) is 31.6. The zero-order chi connectivity index (χ0) is 78.6. The average Bonchev–Trinajstić information content (AvgIpc) is 1.53. The van der Waals surface area contributed by atoms with Crippen LogP contribution in [-0.4, -0.2) is 38.2 Å². The van der Waals surface area contributed by atoms with Gasteiger partial charge in [0.05, 0.1) is 66.9 Å². The smallest absolute Gasteiger partial charge is 0.160 e. The number of rotatable bonds is 12. The van der Waals surface area contributed by atoms with E-state index in [0.717, 1.165) is 67.5 Å². The number of benzene rings is 20. The van der Waals surface area contributed by atoms with E-state index in [1.54, 1.807) is 0 Å². The van der Waals surface area contributed by atoms with Crippen molar-refractivity contribution in [3.8, 4) is 113 Å². The highest BCUT2D eigenvalue weighted by molar-refractivity contribution is 6.31. The summed E-state index contributed by atoms with van der Waals surface area (Å²) in [5.41, 5.74) is 28.9. The first kappa shape index (κ1) is 67.2. The van der Waals surface area contributed by atoms with Crippen LogP contribution in [0.5, 0.6) is 0 Å². The number of aromatic nitrogens is 8. The zero-order valence-electron chi connectivity index (χ0n) is 64.8. The largest absolute Gasteiger partial charge is 0.309 e. The highest BCUT2D eigenvalue weighted by atomic mass is 15.0. The van der Waals surface area contributed by atoms with Crippen molar-refractivity contribution in [3.05, 3.63) is 413 Å². The quantitative estimate of drug-likeness (QED) is 0.114. The molecule has 0 aliphatic rings. The first-order valence-corrected chi connectivity index (χ1v) is 41.0. The van der Waals surface area contributed by atoms with Gasteiger partial charge >= 0.3 is 0 Å². The van der Waals surface area contributed by atoms with Gasteiger partial charge in [-0.1, -0.05) is 279 Å². The minimum Gasteiger partial charge on any atom is -0.309 e. The third-order valence-corrected chi connectivity index (χ3v) is 24.9. The Kier molecular flexibility index (Phi) is 15.0. The molecule has 0 N–H and O–H groups in total. The number of hydrogen-bond acceptors (Lipinski definition) is 4. The van der Waals surface area contributed by atoms with Crippen molar-refractivity contribution in [2.24, 2.45) is 0 Å². The summed E-state index contributed by atoms with van der Waals surface area (Å²) < 4.78 is 9.72. The van der Waals surface area contributed by atoms with E-state index in [2.05, 4.69) is 394 Å². The molecule has 120 heavy (non-hydrogen) atoms. The van der Waals surface area contributed by atoms with Crippen LogP contribution < -0.4 is 0 Å². The van der Waals surface area contributed by atoms with E-state index in [0.29, 0.717) is 11.6 Å². The summed E-state index contributed by atoms with van der Waals surface area (Å²) in [4.78, 5) is 20.3. The van der Waals surface area contributed by atoms with Crippen molar-refractivity contribution >= 4 is 130 Å². The van der Waals surface area contributed by atoms with Crippen molar-refractivity contribution in [2.75, 3.05) is 0 Å². The van der Waals surface area contributed by atoms with Gasteiger partial charge in [-0.3, -0.25) is 0 Å². The van der Waals surface area contributed by atoms with E-state index in [1.165, 1.54) is 164 Å². The maximum Gasteiger partial charge on any atom is 0.160 e. The maximum atomic E-state index is 5.10. The second kappa shape index (κ2) is 26.7. The summed E-state index contributed by atoms with van der Waals surface area (Å²) in [5, 5.41) is 20.5. The molecule has 0 atom stereocenters. The van der Waals surface area contributed by atoms with Gasteiger partial charge in [0.25, 0.3) is 0 Å². The molecule has 0 aliphatic heterocycles. The van der Waals surface area contributed by atoms with Crippen LogP contribution >= 0.6 is 0 Å². The molecular weight excluding hydrogens is 1460 g/mol. The first-order chi connectivity index (χ1) is 59.5. The molecule has 0 radical (unpaired) electrons. The van der Waals surface area contributed by atoms with E-state index in [-0.39, 0.29) is 0 Å². The lowest BCUT2D eigenvalue weighted by Gasteiger charge is -2.13. The number of para-hydroxylation sites is 2. The third kappa shape index (κ3) is 10.5. The second-order valence-electron chi connectivity index (χ2n) is 31.6. The minimum absolute atomic E-state index is 0.702. The molecule has 556 valence electrons. The molecule has 8 nitrogen and oxygen atoms in total. The fraction of sp³-hybridized carbons (Fsp3) is 0. The number of nitrogens with zero attached hydrogens (tertiary/aromatic N) is 8. The Morgan fingerprint density at radius 3 is 0.783 bits per heavy atom. The molecule has 20 aromatic carbocycles. The predicted molar refractivity (Wildman–Crippen MR) is 500 cm³/mol. The highest BCUT2D eigenvalue weighted by Crippen LogP contribution is 2.50. The van der Waals surface area contributed by atoms with E-state index in [1.807, 2.05) is 36.4 Å². The van der Waals surface area contributed by atoms with Crippen LogP contribution in [-0.2, 0) is 0 Å². The molecular formula is C112H68N8. The molecule has 0 aliphatic carbocycles. The molecule has 0 saturated heterocycles. The van der Waals surface area contributed by atoms with Crippen molar-refractivity contribution in [1.82, 2.24) is 38.2 Å². The van der Waals surface area contributed by atoms with Gasteiger partial charge in [-0.2, -0.15) is 0 Å². The molecule has 6 aromatic heterocycles. The van der Waals surface area contributed by atoms with Crippen molar-refractivity contribution < 1.29 is 0 Å². The number of hydrogen-bond donors (Lipinski definition) is 0. The van der Waals surface area contributed by atoms with Crippen molar-refractivity contribution in [3.63, 3.8) is 0 Å². The highest BCUT2D eigenvalue weighted by Gasteiger charge is 2.26. The predicted octanol–water partition coefficient (Wildman–Crippen LogP) is 29.0. The molecule has 0 bridgehead atoms. The molecule has 0 saturated carbocycles. The fourth-order valence-corrected chi connectivity index (χ4v) is 19.5. The summed E-state index contributed by atoms with van der Waals surface area (Å²) in [6.07, 6.45) is 0. The van der Waals surface area contributed by atoms with Gasteiger partial charge in [0.2, 0.25) is 0 Å². The van der Waals surface area contributed by atoms with E-state index >= 15 is 0 Å². The summed E-state index contributed by atoms with van der Waals surface area (Å²) >= 11 is 0. The molecule has 0 amide bonds. The first-order valence-electron chi connectivity index (χ1n) is 41.0. The van der Waals surface area contributed by atoms with E-state index in [9.17, 15) is 0 Å². The summed E-state index contributed by atoms with van der Waals surface area (Å²) in [6, 6.07) is 149. The Morgan fingerprint density at radius 1 is 0.150 bits per heavy atom. The Bertz CT molecular complexity index is 7850. The molecule has 8 heteroatoms. The molecule has 0 spiro atoms. The standard InChI is InChI=1S/2C56H34N4/c1-4-12-35(13-5-1)46-34-47(58-56(57-46)39-14-6-2-7-15-39)36-24-27-43(28-25-36)59-49-21-11-17-38-26-29-45-44(30-31-50(59)55(45)53(38)49)41-32-40-23-22-37-16-10-20-48-52(37)54(40)51(33-41)60(48)42-18-8-3-9-19-42;1-4-12-35(13-5-1)46-34-47(36-14-6-2-7-15-36)58-56(57-46)39-24-27-43(28-25-39)59-49-21-11-17-38-26-29-45-44(30-31-50(59)55(45)53(38)49)41-32-40-23-22-37-16-10-20-48-52(37)54(40)51(33-41)60(48)42-18-8-3-9-19-42/h2*1-34H. The van der Waals surface area contributed by atoms with Gasteiger partial charge in [-0.15, -0.1) is 0 Å². The lowest BCUT2D eigenvalue weighted by Crippen LogP contribution is -1.97. The van der Waals surface area contributed by atoms with Crippen LogP contribution in [0.3, 0.4) is 0 Å². The summed E-state index contributed by atoms with van der Waals surface area (Å²) in [5.74, 6) is 1.42.